The normalized spacial score (nSPS) is 22.0. The lowest BCUT2D eigenvalue weighted by molar-refractivity contribution is -0.174. The molecule has 0 aliphatic carbocycles. The van der Waals surface area contributed by atoms with Crippen LogP contribution in [0, 0.1) is 18.3 Å². The van der Waals surface area contributed by atoms with Crippen molar-refractivity contribution in [1.29, 1.82) is 5.26 Å². The average molecular weight is 296 g/mol. The van der Waals surface area contributed by atoms with Crippen molar-refractivity contribution in [2.75, 3.05) is 5.32 Å². The number of carbonyl (C=O) groups is 1. The van der Waals surface area contributed by atoms with E-state index in [1.807, 2.05) is 0 Å². The Morgan fingerprint density at radius 3 is 2.57 bits per heavy atom. The van der Waals surface area contributed by atoms with E-state index in [0.717, 1.165) is 0 Å². The van der Waals surface area contributed by atoms with Crippen LogP contribution < -0.4 is 10.6 Å². The summed E-state index contributed by atoms with van der Waals surface area (Å²) in [5.74, 6) is -1.47. The first kappa shape index (κ1) is 14.8. The molecule has 0 aromatic carbocycles. The highest BCUT2D eigenvalue weighted by atomic mass is 19.4. The Morgan fingerprint density at radius 1 is 1.38 bits per heavy atom. The minimum atomic E-state index is -4.99. The molecular weight excluding hydrogens is 285 g/mol. The van der Waals surface area contributed by atoms with Crippen molar-refractivity contribution in [1.82, 2.24) is 10.3 Å². The van der Waals surface area contributed by atoms with E-state index in [1.165, 1.54) is 25.1 Å². The van der Waals surface area contributed by atoms with Crippen LogP contribution in [-0.2, 0) is 4.79 Å². The molecule has 1 aromatic heterocycles. The van der Waals surface area contributed by atoms with Crippen LogP contribution in [0.1, 0.15) is 12.6 Å². The number of carbonyl (C=O) groups excluding carboxylic acids is 1. The van der Waals surface area contributed by atoms with Gasteiger partial charge >= 0.3 is 6.18 Å². The first-order valence-electron chi connectivity index (χ1n) is 5.94. The van der Waals surface area contributed by atoms with Gasteiger partial charge in [0.05, 0.1) is 11.6 Å². The maximum absolute atomic E-state index is 13.5. The van der Waals surface area contributed by atoms with Gasteiger partial charge < -0.3 is 10.6 Å². The number of nitriles is 1. The topological polar surface area (TPSA) is 77.8 Å². The summed E-state index contributed by atoms with van der Waals surface area (Å²) in [4.78, 5) is 15.8. The van der Waals surface area contributed by atoms with Gasteiger partial charge in [-0.1, -0.05) is 6.07 Å². The molecule has 5 nitrogen and oxygen atoms in total. The molecule has 0 bridgehead atoms. The molecule has 1 aromatic rings. The Hall–Kier alpha value is -2.56. The van der Waals surface area contributed by atoms with Crippen LogP contribution in [0.15, 0.2) is 29.5 Å². The van der Waals surface area contributed by atoms with Gasteiger partial charge in [-0.3, -0.25) is 4.79 Å². The molecule has 0 saturated heterocycles. The lowest BCUT2D eigenvalue weighted by Crippen LogP contribution is -2.59. The largest absolute Gasteiger partial charge is 0.425 e. The number of hydrogen-bond acceptors (Lipinski definition) is 4. The van der Waals surface area contributed by atoms with Crippen molar-refractivity contribution in [3.05, 3.63) is 35.2 Å². The molecule has 1 amide bonds. The zero-order valence-electron chi connectivity index (χ0n) is 11.2. The second-order valence-electron chi connectivity index (χ2n) is 4.60. The fourth-order valence-corrected chi connectivity index (χ4v) is 2.15. The standard InChI is InChI=1S/C13H11F3N4O/c1-7-4-3-5-10(18-7)20-12(13(14,15)16)9(6-17)8(2)19-11(12)21/h3-5H,1-2H3,(H,18,20)(H,19,21)/t12-/m0/s1. The number of pyridine rings is 1. The highest BCUT2D eigenvalue weighted by Gasteiger charge is 2.67. The Bertz CT molecular complexity index is 675. The molecule has 8 heteroatoms. The molecule has 1 aliphatic heterocycles. The molecule has 2 rings (SSSR count). The molecule has 0 saturated carbocycles. The Labute approximate surface area is 118 Å². The Balaban J connectivity index is 2.60. The highest BCUT2D eigenvalue weighted by molar-refractivity contribution is 6.00. The molecule has 0 spiro atoms. The first-order valence-corrected chi connectivity index (χ1v) is 5.94. The van der Waals surface area contributed by atoms with E-state index in [0.29, 0.717) is 5.69 Å². The monoisotopic (exact) mass is 296 g/mol. The molecule has 110 valence electrons. The smallest absolute Gasteiger partial charge is 0.344 e. The number of alkyl halides is 3. The zero-order chi connectivity index (χ0) is 15.8. The summed E-state index contributed by atoms with van der Waals surface area (Å²) >= 11 is 0. The van der Waals surface area contributed by atoms with Crippen LogP contribution in [0.4, 0.5) is 19.0 Å². The third kappa shape index (κ3) is 2.20. The second kappa shape index (κ2) is 4.77. The fourth-order valence-electron chi connectivity index (χ4n) is 2.15. The van der Waals surface area contributed by atoms with E-state index in [4.69, 9.17) is 5.26 Å². The molecule has 0 fully saturated rings. The number of aryl methyl sites for hydroxylation is 1. The van der Waals surface area contributed by atoms with Gasteiger partial charge in [0.1, 0.15) is 5.82 Å². The van der Waals surface area contributed by atoms with Crippen molar-refractivity contribution in [3.63, 3.8) is 0 Å². The number of hydrogen-bond donors (Lipinski definition) is 2. The Morgan fingerprint density at radius 2 is 2.05 bits per heavy atom. The molecule has 2 heterocycles. The van der Waals surface area contributed by atoms with Crippen LogP contribution in [0.2, 0.25) is 0 Å². The van der Waals surface area contributed by atoms with Gasteiger partial charge in [-0.05, 0) is 26.0 Å². The number of halogens is 3. The van der Waals surface area contributed by atoms with Gasteiger partial charge in [-0.15, -0.1) is 0 Å². The van der Waals surface area contributed by atoms with Crippen molar-refractivity contribution in [3.8, 4) is 6.07 Å². The molecule has 21 heavy (non-hydrogen) atoms. The van der Waals surface area contributed by atoms with Crippen LogP contribution in [-0.4, -0.2) is 22.6 Å². The van der Waals surface area contributed by atoms with Gasteiger partial charge in [0.15, 0.2) is 0 Å². The number of aromatic nitrogens is 1. The zero-order valence-corrected chi connectivity index (χ0v) is 11.2. The lowest BCUT2D eigenvalue weighted by Gasteiger charge is -2.30. The predicted octanol–water partition coefficient (Wildman–Crippen LogP) is 2.03. The molecular formula is C13H11F3N4O. The molecule has 1 atom stereocenters. The second-order valence-corrected chi connectivity index (χ2v) is 4.60. The molecule has 1 aliphatic rings. The van der Waals surface area contributed by atoms with Crippen LogP contribution in [0.5, 0.6) is 0 Å². The lowest BCUT2D eigenvalue weighted by atomic mass is 9.90. The molecule has 2 N–H and O–H groups in total. The number of anilines is 1. The van der Waals surface area contributed by atoms with Gasteiger partial charge in [-0.2, -0.15) is 18.4 Å². The number of amides is 1. The number of nitrogens with zero attached hydrogens (tertiary/aromatic N) is 2. The maximum Gasteiger partial charge on any atom is 0.425 e. The highest BCUT2D eigenvalue weighted by Crippen LogP contribution is 2.42. The minimum Gasteiger partial charge on any atom is -0.344 e. The molecule has 0 unspecified atom stereocenters. The van der Waals surface area contributed by atoms with Crippen molar-refractivity contribution in [2.45, 2.75) is 25.6 Å². The number of allylic oxidation sites excluding steroid dienone is 1. The van der Waals surface area contributed by atoms with E-state index in [2.05, 4.69) is 15.6 Å². The van der Waals surface area contributed by atoms with E-state index < -0.39 is 23.2 Å². The third-order valence-electron chi connectivity index (χ3n) is 3.13. The van der Waals surface area contributed by atoms with Crippen LogP contribution >= 0.6 is 0 Å². The number of rotatable bonds is 2. The quantitative estimate of drug-likeness (QED) is 0.875. The van der Waals surface area contributed by atoms with E-state index in [1.54, 1.807) is 13.0 Å². The molecule has 0 radical (unpaired) electrons. The SMILES string of the molecule is CC1=C(C#N)[C@@](Nc2cccc(C)n2)(C(F)(F)F)C(=O)N1. The summed E-state index contributed by atoms with van der Waals surface area (Å²) < 4.78 is 40.6. The summed E-state index contributed by atoms with van der Waals surface area (Å²) in [5, 5.41) is 13.2. The predicted molar refractivity (Wildman–Crippen MR) is 67.8 cm³/mol. The third-order valence-corrected chi connectivity index (χ3v) is 3.13. The fraction of sp³-hybridized carbons (Fsp3) is 0.308. The Kier molecular flexibility index (Phi) is 3.37. The van der Waals surface area contributed by atoms with Crippen LogP contribution in [0.3, 0.4) is 0 Å². The van der Waals surface area contributed by atoms with Gasteiger partial charge in [-0.25, -0.2) is 4.98 Å². The van der Waals surface area contributed by atoms with Gasteiger partial charge in [0.2, 0.25) is 0 Å². The van der Waals surface area contributed by atoms with Gasteiger partial charge in [0, 0.05) is 11.4 Å². The van der Waals surface area contributed by atoms with Gasteiger partial charge in [0.25, 0.3) is 11.4 Å². The summed E-state index contributed by atoms with van der Waals surface area (Å²) in [6.45, 7) is 2.85. The van der Waals surface area contributed by atoms with Crippen LogP contribution in [0.25, 0.3) is 0 Å². The van der Waals surface area contributed by atoms with E-state index in [-0.39, 0.29) is 11.5 Å². The summed E-state index contributed by atoms with van der Waals surface area (Å²) in [6.07, 6.45) is -4.99. The van der Waals surface area contributed by atoms with Crippen molar-refractivity contribution in [2.24, 2.45) is 0 Å². The maximum atomic E-state index is 13.5. The number of nitrogens with one attached hydrogen (secondary N) is 2. The summed E-state index contributed by atoms with van der Waals surface area (Å²) in [6, 6.07) is 5.87. The minimum absolute atomic E-state index is 0.125. The summed E-state index contributed by atoms with van der Waals surface area (Å²) in [7, 11) is 0. The van der Waals surface area contributed by atoms with Crippen molar-refractivity contribution >= 4 is 11.7 Å². The van der Waals surface area contributed by atoms with E-state index >= 15 is 0 Å². The first-order chi connectivity index (χ1) is 9.72. The summed E-state index contributed by atoms with van der Waals surface area (Å²) in [5.41, 5.74) is -3.47. The average Bonchev–Trinajstić information content (AvgIpc) is 2.60. The van der Waals surface area contributed by atoms with E-state index in [9.17, 15) is 18.0 Å². The van der Waals surface area contributed by atoms with Crippen molar-refractivity contribution < 1.29 is 18.0 Å².